The summed E-state index contributed by atoms with van der Waals surface area (Å²) in [4.78, 5) is 40.0. The van der Waals surface area contributed by atoms with E-state index < -0.39 is 11.9 Å². The van der Waals surface area contributed by atoms with E-state index in [1.165, 1.54) is 0 Å². The third-order valence-corrected chi connectivity index (χ3v) is 2.49. The van der Waals surface area contributed by atoms with Gasteiger partial charge in [-0.2, -0.15) is 0 Å². The molecule has 0 spiro atoms. The number of aliphatic carboxylic acids is 2. The van der Waals surface area contributed by atoms with Crippen LogP contribution in [0.1, 0.15) is 20.7 Å². The molecule has 0 fully saturated rings. The molecule has 2 rings (SSSR count). The molecule has 0 heterocycles. The fourth-order valence-corrected chi connectivity index (χ4v) is 1.35. The Morgan fingerprint density at radius 3 is 1.04 bits per heavy atom. The zero-order chi connectivity index (χ0) is 19.9. The van der Waals surface area contributed by atoms with Crippen LogP contribution >= 0.6 is 0 Å². The summed E-state index contributed by atoms with van der Waals surface area (Å²) in [6.45, 7) is 0. The highest BCUT2D eigenvalue weighted by Gasteiger charge is 1.94. The molecule has 26 heavy (non-hydrogen) atoms. The van der Waals surface area contributed by atoms with Crippen LogP contribution in [0.25, 0.3) is 0 Å². The van der Waals surface area contributed by atoms with Gasteiger partial charge in [-0.15, -0.1) is 0 Å². The number of rotatable bonds is 4. The molecule has 136 valence electrons. The second-order valence-corrected chi connectivity index (χ2v) is 4.47. The molecule has 0 saturated carbocycles. The van der Waals surface area contributed by atoms with Crippen LogP contribution in [0.2, 0.25) is 0 Å². The number of nitrogens with two attached hydrogens (primary N) is 2. The lowest BCUT2D eigenvalue weighted by Gasteiger charge is -1.89. The number of hydrogen-bond donors (Lipinski definition) is 4. The molecule has 8 heteroatoms. The number of primary amides is 2. The maximum absolute atomic E-state index is 10.4. The normalized spacial score (nSPS) is 9.08. The number of carbonyl (C=O) groups excluding carboxylic acids is 2. The van der Waals surface area contributed by atoms with Gasteiger partial charge in [-0.3, -0.25) is 9.59 Å². The molecule has 0 bridgehead atoms. The Bertz CT molecular complexity index is 692. The van der Waals surface area contributed by atoms with Crippen LogP contribution < -0.4 is 11.5 Å². The van der Waals surface area contributed by atoms with Crippen molar-refractivity contribution < 1.29 is 29.4 Å². The minimum Gasteiger partial charge on any atom is -0.478 e. The third-order valence-electron chi connectivity index (χ3n) is 2.49. The molecule has 0 unspecified atom stereocenters. The molecule has 8 nitrogen and oxygen atoms in total. The Kier molecular flexibility index (Phi) is 10.6. The monoisotopic (exact) mass is 358 g/mol. The van der Waals surface area contributed by atoms with Gasteiger partial charge in [-0.25, -0.2) is 9.59 Å². The maximum Gasteiger partial charge on any atom is 0.328 e. The van der Waals surface area contributed by atoms with Crippen molar-refractivity contribution in [2.45, 2.75) is 0 Å². The number of carboxylic acids is 2. The zero-order valence-corrected chi connectivity index (χ0v) is 13.6. The van der Waals surface area contributed by atoms with Gasteiger partial charge >= 0.3 is 11.9 Å². The summed E-state index contributed by atoms with van der Waals surface area (Å²) >= 11 is 0. The topological polar surface area (TPSA) is 161 Å². The van der Waals surface area contributed by atoms with Crippen LogP contribution in [0, 0.1) is 0 Å². The molecular weight excluding hydrogens is 340 g/mol. The van der Waals surface area contributed by atoms with Gasteiger partial charge in [0.05, 0.1) is 0 Å². The predicted molar refractivity (Wildman–Crippen MR) is 94.3 cm³/mol. The van der Waals surface area contributed by atoms with Crippen molar-refractivity contribution in [3.63, 3.8) is 0 Å². The Morgan fingerprint density at radius 2 is 0.885 bits per heavy atom. The predicted octanol–water partition coefficient (Wildman–Crippen LogP) is 1.28. The van der Waals surface area contributed by atoms with Crippen LogP contribution in [0.3, 0.4) is 0 Å². The second-order valence-electron chi connectivity index (χ2n) is 4.47. The van der Waals surface area contributed by atoms with Gasteiger partial charge in [-0.05, 0) is 24.3 Å². The van der Waals surface area contributed by atoms with E-state index in [0.717, 1.165) is 0 Å². The van der Waals surface area contributed by atoms with E-state index in [-0.39, 0.29) is 11.8 Å². The minimum atomic E-state index is -1.26. The average Bonchev–Trinajstić information content (AvgIpc) is 2.62. The van der Waals surface area contributed by atoms with E-state index in [1.54, 1.807) is 48.5 Å². The first-order valence-electron chi connectivity index (χ1n) is 7.07. The molecule has 0 aromatic heterocycles. The molecule has 0 radical (unpaired) electrons. The van der Waals surface area contributed by atoms with Gasteiger partial charge in [0.1, 0.15) is 0 Å². The van der Waals surface area contributed by atoms with Crippen molar-refractivity contribution in [3.8, 4) is 0 Å². The van der Waals surface area contributed by atoms with E-state index >= 15 is 0 Å². The molecule has 0 aliphatic rings. The summed E-state index contributed by atoms with van der Waals surface area (Å²) in [6.07, 6.45) is 1.12. The van der Waals surface area contributed by atoms with Crippen LogP contribution in [-0.2, 0) is 9.59 Å². The van der Waals surface area contributed by atoms with Gasteiger partial charge < -0.3 is 21.7 Å². The molecule has 2 amide bonds. The quantitative estimate of drug-likeness (QED) is 0.602. The average molecular weight is 358 g/mol. The number of carboxylic acid groups (broad SMARTS) is 2. The van der Waals surface area contributed by atoms with Crippen LogP contribution in [0.15, 0.2) is 72.8 Å². The van der Waals surface area contributed by atoms with Crippen LogP contribution in [0.4, 0.5) is 0 Å². The first-order valence-corrected chi connectivity index (χ1v) is 7.07. The molecule has 2 aromatic carbocycles. The van der Waals surface area contributed by atoms with E-state index in [1.807, 2.05) is 12.1 Å². The molecule has 2 aromatic rings. The first kappa shape index (κ1) is 22.1. The highest BCUT2D eigenvalue weighted by atomic mass is 16.4. The minimum absolute atomic E-state index is 0.379. The molecule has 0 saturated heterocycles. The van der Waals surface area contributed by atoms with Crippen molar-refractivity contribution in [1.82, 2.24) is 0 Å². The summed E-state index contributed by atoms with van der Waals surface area (Å²) in [5.74, 6) is -3.27. The van der Waals surface area contributed by atoms with Gasteiger partial charge in [-0.1, -0.05) is 36.4 Å². The van der Waals surface area contributed by atoms with E-state index in [0.29, 0.717) is 23.3 Å². The molecule has 0 aliphatic heterocycles. The third kappa shape index (κ3) is 11.6. The fourth-order valence-electron chi connectivity index (χ4n) is 1.35. The zero-order valence-electron chi connectivity index (χ0n) is 13.6. The van der Waals surface area contributed by atoms with Crippen molar-refractivity contribution in [2.75, 3.05) is 0 Å². The van der Waals surface area contributed by atoms with Crippen LogP contribution in [0.5, 0.6) is 0 Å². The summed E-state index contributed by atoms with van der Waals surface area (Å²) in [5, 5.41) is 15.6. The van der Waals surface area contributed by atoms with Crippen molar-refractivity contribution in [2.24, 2.45) is 11.5 Å². The number of carbonyl (C=O) groups is 4. The number of hydrogen-bond acceptors (Lipinski definition) is 4. The highest BCUT2D eigenvalue weighted by molar-refractivity contribution is 5.93. The Hall–Kier alpha value is -3.94. The highest BCUT2D eigenvalue weighted by Crippen LogP contribution is 1.95. The Morgan fingerprint density at radius 1 is 0.615 bits per heavy atom. The lowest BCUT2D eigenvalue weighted by molar-refractivity contribution is -0.134. The first-order chi connectivity index (χ1) is 12.2. The van der Waals surface area contributed by atoms with E-state index in [4.69, 9.17) is 21.7 Å². The van der Waals surface area contributed by atoms with Crippen molar-refractivity contribution >= 4 is 23.8 Å². The number of benzene rings is 2. The lowest BCUT2D eigenvalue weighted by Crippen LogP contribution is -2.09. The summed E-state index contributed by atoms with van der Waals surface area (Å²) < 4.78 is 0. The van der Waals surface area contributed by atoms with Crippen molar-refractivity contribution in [3.05, 3.63) is 83.9 Å². The Balaban J connectivity index is 0.000000362. The maximum atomic E-state index is 10.4. The van der Waals surface area contributed by atoms with Gasteiger partial charge in [0.2, 0.25) is 11.8 Å². The molecule has 0 aliphatic carbocycles. The molecular formula is C18H18N2O6. The number of amides is 2. The lowest BCUT2D eigenvalue weighted by atomic mass is 10.2. The summed E-state index contributed by atoms with van der Waals surface area (Å²) in [7, 11) is 0. The summed E-state index contributed by atoms with van der Waals surface area (Å²) in [5.41, 5.74) is 11.1. The second kappa shape index (κ2) is 12.5. The van der Waals surface area contributed by atoms with Crippen molar-refractivity contribution in [1.29, 1.82) is 0 Å². The summed E-state index contributed by atoms with van der Waals surface area (Å²) in [6, 6.07) is 17.5. The molecule has 0 atom stereocenters. The van der Waals surface area contributed by atoms with Gasteiger partial charge in [0.25, 0.3) is 0 Å². The van der Waals surface area contributed by atoms with Gasteiger partial charge in [0.15, 0.2) is 0 Å². The SMILES string of the molecule is NC(=O)c1ccccc1.NC(=O)c1ccccc1.O=C(O)/C=C\C(=O)O. The van der Waals surface area contributed by atoms with E-state index in [2.05, 4.69) is 0 Å². The fraction of sp³-hybridized carbons (Fsp3) is 0. The van der Waals surface area contributed by atoms with Crippen LogP contribution in [-0.4, -0.2) is 34.0 Å². The standard InChI is InChI=1S/2C7H7NO.C4H4O4/c2*8-7(9)6-4-2-1-3-5-6;5-3(6)1-2-4(7)8/h2*1-5H,(H2,8,9);1-2H,(H,5,6)(H,7,8)/b;;2-1-. The largest absolute Gasteiger partial charge is 0.478 e. The van der Waals surface area contributed by atoms with Gasteiger partial charge in [0, 0.05) is 23.3 Å². The Labute approximate surface area is 149 Å². The molecule has 6 N–H and O–H groups in total. The smallest absolute Gasteiger partial charge is 0.328 e. The van der Waals surface area contributed by atoms with E-state index in [9.17, 15) is 19.2 Å².